The monoisotopic (exact) mass is 429 g/mol. The molecule has 1 N–H and O–H groups in total. The molecule has 0 bridgehead atoms. The summed E-state index contributed by atoms with van der Waals surface area (Å²) in [7, 11) is 1.63. The molecule has 1 aromatic heterocycles. The smallest absolute Gasteiger partial charge is 0.350 e. The first kappa shape index (κ1) is 22.3. The Kier molecular flexibility index (Phi) is 7.51. The van der Waals surface area contributed by atoms with Crippen LogP contribution in [0, 0.1) is 6.92 Å². The van der Waals surface area contributed by atoms with Crippen LogP contribution in [-0.4, -0.2) is 44.5 Å². The average Bonchev–Trinajstić information content (AvgIpc) is 2.92. The van der Waals surface area contributed by atoms with Gasteiger partial charge in [0.05, 0.1) is 28.0 Å². The maximum Gasteiger partial charge on any atom is 0.350 e. The number of hydroxylamine groups is 2. The lowest BCUT2D eigenvalue weighted by Crippen LogP contribution is -2.42. The second-order valence-electron chi connectivity index (χ2n) is 6.14. The third-order valence-corrected chi connectivity index (χ3v) is 4.93. The van der Waals surface area contributed by atoms with E-state index < -0.39 is 6.04 Å². The number of rotatable bonds is 8. The van der Waals surface area contributed by atoms with Crippen molar-refractivity contribution >= 4 is 34.8 Å². The topological polar surface area (TPSA) is 81.4 Å². The van der Waals surface area contributed by atoms with Crippen molar-refractivity contribution in [1.29, 1.82) is 0 Å². The second-order valence-corrected chi connectivity index (χ2v) is 6.95. The molecule has 0 spiro atoms. The van der Waals surface area contributed by atoms with Crippen LogP contribution in [0.2, 0.25) is 10.0 Å². The number of nitrogens with zero attached hydrogens (tertiary/aromatic N) is 4. The number of hydrogen-bond acceptors (Lipinski definition) is 5. The van der Waals surface area contributed by atoms with E-state index in [0.717, 1.165) is 0 Å². The van der Waals surface area contributed by atoms with Crippen molar-refractivity contribution in [2.24, 2.45) is 7.05 Å². The highest BCUT2D eigenvalue weighted by Crippen LogP contribution is 2.31. The Morgan fingerprint density at radius 1 is 1.29 bits per heavy atom. The molecule has 2 rings (SSSR count). The number of carbonyl (C=O) groups is 1. The van der Waals surface area contributed by atoms with Crippen molar-refractivity contribution in [3.63, 3.8) is 0 Å². The molecule has 1 heterocycles. The Balaban J connectivity index is 2.41. The number of carbonyl (C=O) groups excluding carboxylic acids is 1. The van der Waals surface area contributed by atoms with E-state index in [1.807, 2.05) is 20.8 Å². The molecule has 0 aliphatic rings. The van der Waals surface area contributed by atoms with Crippen LogP contribution < -0.4 is 11.0 Å². The van der Waals surface area contributed by atoms with Crippen LogP contribution in [0.25, 0.3) is 5.69 Å². The van der Waals surface area contributed by atoms with Gasteiger partial charge in [-0.25, -0.2) is 9.86 Å². The van der Waals surface area contributed by atoms with Crippen LogP contribution in [0.3, 0.4) is 0 Å². The minimum Gasteiger partial charge on any atom is -0.372 e. The largest absolute Gasteiger partial charge is 0.372 e. The molecule has 0 aliphatic carbocycles. The molecule has 2 aromatic rings. The highest BCUT2D eigenvalue weighted by molar-refractivity contribution is 6.37. The predicted molar refractivity (Wildman–Crippen MR) is 110 cm³/mol. The molecule has 1 aromatic carbocycles. The molecule has 10 heteroatoms. The number of aryl methyl sites for hydroxylation is 1. The number of aromatic nitrogens is 3. The van der Waals surface area contributed by atoms with Crippen LogP contribution in [0.5, 0.6) is 0 Å². The van der Waals surface area contributed by atoms with Crippen molar-refractivity contribution in [1.82, 2.24) is 19.4 Å². The Morgan fingerprint density at radius 2 is 1.96 bits per heavy atom. The quantitative estimate of drug-likeness (QED) is 0.651. The molecule has 0 aliphatic heterocycles. The first-order valence-corrected chi connectivity index (χ1v) is 9.83. The Morgan fingerprint density at radius 3 is 2.46 bits per heavy atom. The molecule has 1 amide bonds. The number of hydrogen-bond donors (Lipinski definition) is 1. The summed E-state index contributed by atoms with van der Waals surface area (Å²) in [5.74, 6) is 0.340. The van der Waals surface area contributed by atoms with Crippen LogP contribution in [0.15, 0.2) is 16.9 Å². The van der Waals surface area contributed by atoms with Gasteiger partial charge in [-0.2, -0.15) is 9.78 Å². The lowest BCUT2D eigenvalue weighted by molar-refractivity contribution is -0.184. The van der Waals surface area contributed by atoms with Gasteiger partial charge in [0, 0.05) is 13.6 Å². The first-order chi connectivity index (χ1) is 13.2. The molecule has 28 heavy (non-hydrogen) atoms. The van der Waals surface area contributed by atoms with Gasteiger partial charge in [-0.1, -0.05) is 30.1 Å². The summed E-state index contributed by atoms with van der Waals surface area (Å²) in [6, 6.07) is 2.58. The fraction of sp³-hybridized carbons (Fsp3) is 0.500. The van der Waals surface area contributed by atoms with E-state index in [4.69, 9.17) is 28.0 Å². The average molecular weight is 430 g/mol. The minimum atomic E-state index is -0.555. The number of amides is 1. The molecule has 0 fully saturated rings. The normalized spacial score (nSPS) is 12.1. The standard InChI is InChI=1S/C18H25Cl2N5O3/c1-6-14(17(26)24(7-2)28-8-3)21-15-10-16(13(20)9-12(15)19)25-18(27)23(5)11(4)22-25/h9-10,14,21H,6-8H2,1-5H3. The summed E-state index contributed by atoms with van der Waals surface area (Å²) in [5, 5.41) is 9.29. The van der Waals surface area contributed by atoms with E-state index in [-0.39, 0.29) is 16.6 Å². The van der Waals surface area contributed by atoms with Gasteiger partial charge in [-0.15, -0.1) is 0 Å². The van der Waals surface area contributed by atoms with Crippen molar-refractivity contribution < 1.29 is 9.63 Å². The summed E-state index contributed by atoms with van der Waals surface area (Å²) in [6.07, 6.45) is 0.513. The zero-order chi connectivity index (χ0) is 21.0. The molecule has 1 atom stereocenters. The lowest BCUT2D eigenvalue weighted by atomic mass is 10.1. The van der Waals surface area contributed by atoms with Gasteiger partial charge in [0.25, 0.3) is 5.91 Å². The molecule has 0 saturated carbocycles. The fourth-order valence-electron chi connectivity index (χ4n) is 2.67. The Bertz CT molecular complexity index is 909. The van der Waals surface area contributed by atoms with Crippen molar-refractivity contribution in [3.05, 3.63) is 38.5 Å². The van der Waals surface area contributed by atoms with Gasteiger partial charge in [0.2, 0.25) is 0 Å². The van der Waals surface area contributed by atoms with E-state index in [1.165, 1.54) is 20.4 Å². The van der Waals surface area contributed by atoms with E-state index >= 15 is 0 Å². The summed E-state index contributed by atoms with van der Waals surface area (Å²) >= 11 is 12.6. The number of anilines is 1. The fourth-order valence-corrected chi connectivity index (χ4v) is 3.19. The predicted octanol–water partition coefficient (Wildman–Crippen LogP) is 3.18. The summed E-state index contributed by atoms with van der Waals surface area (Å²) in [5.41, 5.74) is 0.523. The van der Waals surface area contributed by atoms with E-state index in [2.05, 4.69) is 10.4 Å². The van der Waals surface area contributed by atoms with Crippen molar-refractivity contribution in [3.8, 4) is 5.69 Å². The van der Waals surface area contributed by atoms with E-state index in [1.54, 1.807) is 20.0 Å². The molecule has 1 unspecified atom stereocenters. The van der Waals surface area contributed by atoms with Crippen LogP contribution in [0.1, 0.15) is 33.0 Å². The summed E-state index contributed by atoms with van der Waals surface area (Å²) in [6.45, 7) is 8.08. The summed E-state index contributed by atoms with van der Waals surface area (Å²) in [4.78, 5) is 30.5. The number of benzene rings is 1. The van der Waals surface area contributed by atoms with Crippen molar-refractivity contribution in [2.45, 2.75) is 40.2 Å². The third-order valence-electron chi connectivity index (χ3n) is 4.32. The maximum absolute atomic E-state index is 12.7. The number of nitrogens with one attached hydrogen (secondary N) is 1. The SMILES string of the molecule is CCON(CC)C(=O)C(CC)Nc1cc(-n2nc(C)n(C)c2=O)c(Cl)cc1Cl. The lowest BCUT2D eigenvalue weighted by Gasteiger charge is -2.26. The highest BCUT2D eigenvalue weighted by Gasteiger charge is 2.24. The molecular formula is C18H25Cl2N5O3. The maximum atomic E-state index is 12.7. The molecule has 0 radical (unpaired) electrons. The minimum absolute atomic E-state index is 0.203. The molecule has 0 saturated heterocycles. The second kappa shape index (κ2) is 9.45. The molecule has 8 nitrogen and oxygen atoms in total. The van der Waals surface area contributed by atoms with Gasteiger partial charge < -0.3 is 5.32 Å². The molecule has 154 valence electrons. The van der Waals surface area contributed by atoms with Gasteiger partial charge in [-0.05, 0) is 39.3 Å². The Labute approximate surface area is 173 Å². The Hall–Kier alpha value is -2.03. The van der Waals surface area contributed by atoms with Gasteiger partial charge in [0.1, 0.15) is 11.9 Å². The van der Waals surface area contributed by atoms with Gasteiger partial charge in [0.15, 0.2) is 0 Å². The van der Waals surface area contributed by atoms with Crippen molar-refractivity contribution in [2.75, 3.05) is 18.5 Å². The van der Waals surface area contributed by atoms with Crippen LogP contribution >= 0.6 is 23.2 Å². The van der Waals surface area contributed by atoms with E-state index in [9.17, 15) is 9.59 Å². The van der Waals surface area contributed by atoms with Crippen LogP contribution in [-0.2, 0) is 16.7 Å². The van der Waals surface area contributed by atoms with E-state index in [0.29, 0.717) is 41.8 Å². The third kappa shape index (κ3) is 4.51. The summed E-state index contributed by atoms with van der Waals surface area (Å²) < 4.78 is 2.62. The van der Waals surface area contributed by atoms with Gasteiger partial charge >= 0.3 is 5.69 Å². The van der Waals surface area contributed by atoms with Gasteiger partial charge in [-0.3, -0.25) is 14.2 Å². The number of halogens is 2. The highest BCUT2D eigenvalue weighted by atomic mass is 35.5. The zero-order valence-corrected chi connectivity index (χ0v) is 18.1. The van der Waals surface area contributed by atoms with Crippen LogP contribution in [0.4, 0.5) is 5.69 Å². The zero-order valence-electron chi connectivity index (χ0n) is 16.6. The molecular weight excluding hydrogens is 405 g/mol. The number of likely N-dealkylation sites (N-methyl/N-ethyl adjacent to an activating group) is 1. The first-order valence-electron chi connectivity index (χ1n) is 9.07.